The molecule has 6 heteroatoms. The number of imidazole rings is 1. The van der Waals surface area contributed by atoms with Crippen LogP contribution in [0.25, 0.3) is 0 Å². The minimum absolute atomic E-state index is 0.0119. The molecule has 17 heavy (non-hydrogen) atoms. The number of carbonyl (C=O) groups is 2. The van der Waals surface area contributed by atoms with Gasteiger partial charge in [-0.2, -0.15) is 0 Å². The van der Waals surface area contributed by atoms with E-state index in [0.717, 1.165) is 19.3 Å². The Morgan fingerprint density at radius 2 is 2.41 bits per heavy atom. The molecule has 0 bridgehead atoms. The number of carbonyl (C=O) groups excluding carboxylic acids is 1. The van der Waals surface area contributed by atoms with Crippen LogP contribution in [0.4, 0.5) is 0 Å². The Bertz CT molecular complexity index is 441. The molecule has 0 aliphatic carbocycles. The Hall–Kier alpha value is -1.85. The highest BCUT2D eigenvalue weighted by atomic mass is 16.4. The number of hydrogen-bond acceptors (Lipinski definition) is 3. The Morgan fingerprint density at radius 1 is 1.65 bits per heavy atom. The summed E-state index contributed by atoms with van der Waals surface area (Å²) in [5.41, 5.74) is -0.116. The minimum atomic E-state index is -1.15. The number of aromatic amines is 1. The number of nitrogens with zero attached hydrogens (tertiary/aromatic N) is 2. The van der Waals surface area contributed by atoms with Crippen LogP contribution in [0, 0.1) is 0 Å². The van der Waals surface area contributed by atoms with Gasteiger partial charge in [0.1, 0.15) is 0 Å². The molecular weight excluding hydrogens is 222 g/mol. The Balaban J connectivity index is 2.25. The number of aromatic carboxylic acids is 1. The van der Waals surface area contributed by atoms with Crippen molar-refractivity contribution in [3.63, 3.8) is 0 Å². The molecule has 0 spiro atoms. The van der Waals surface area contributed by atoms with Gasteiger partial charge in [0.2, 0.25) is 0 Å². The molecule has 1 aliphatic rings. The molecule has 1 saturated heterocycles. The molecule has 0 radical (unpaired) electrons. The van der Waals surface area contributed by atoms with Crippen LogP contribution in [0.1, 0.15) is 47.2 Å². The normalized spacial score (nSPS) is 19.6. The third kappa shape index (κ3) is 2.02. The summed E-state index contributed by atoms with van der Waals surface area (Å²) in [4.78, 5) is 31.1. The quantitative estimate of drug-likeness (QED) is 0.824. The third-order valence-electron chi connectivity index (χ3n) is 3.17. The van der Waals surface area contributed by atoms with E-state index >= 15 is 0 Å². The van der Waals surface area contributed by atoms with Crippen LogP contribution in [0.15, 0.2) is 6.33 Å². The van der Waals surface area contributed by atoms with E-state index in [2.05, 4.69) is 9.97 Å². The van der Waals surface area contributed by atoms with Gasteiger partial charge in [-0.1, -0.05) is 6.92 Å². The summed E-state index contributed by atoms with van der Waals surface area (Å²) in [6.45, 7) is 2.71. The molecule has 1 aliphatic heterocycles. The number of carboxylic acid groups (broad SMARTS) is 1. The molecule has 2 rings (SSSR count). The number of aromatic nitrogens is 2. The predicted octanol–water partition coefficient (Wildman–Crippen LogP) is 1.12. The van der Waals surface area contributed by atoms with Crippen molar-refractivity contribution in [3.8, 4) is 0 Å². The van der Waals surface area contributed by atoms with Gasteiger partial charge in [-0.15, -0.1) is 0 Å². The molecule has 6 nitrogen and oxygen atoms in total. The predicted molar refractivity (Wildman–Crippen MR) is 59.9 cm³/mol. The Labute approximate surface area is 98.7 Å². The van der Waals surface area contributed by atoms with Crippen LogP contribution in [-0.2, 0) is 0 Å². The molecule has 1 fully saturated rings. The van der Waals surface area contributed by atoms with Crippen molar-refractivity contribution in [2.75, 3.05) is 6.54 Å². The van der Waals surface area contributed by atoms with Gasteiger partial charge in [-0.05, 0) is 19.3 Å². The number of amides is 1. The second kappa shape index (κ2) is 4.57. The number of carboxylic acids is 1. The van der Waals surface area contributed by atoms with E-state index < -0.39 is 5.97 Å². The van der Waals surface area contributed by atoms with Gasteiger partial charge in [0, 0.05) is 12.6 Å². The second-order valence-electron chi connectivity index (χ2n) is 4.13. The zero-order valence-electron chi connectivity index (χ0n) is 9.64. The van der Waals surface area contributed by atoms with Crippen molar-refractivity contribution in [3.05, 3.63) is 17.7 Å². The molecule has 2 heterocycles. The lowest BCUT2D eigenvalue weighted by atomic mass is 10.1. The van der Waals surface area contributed by atoms with Gasteiger partial charge in [-0.25, -0.2) is 9.78 Å². The van der Waals surface area contributed by atoms with E-state index in [0.29, 0.717) is 6.54 Å². The Kier molecular flexibility index (Phi) is 3.12. The second-order valence-corrected chi connectivity index (χ2v) is 4.13. The van der Waals surface area contributed by atoms with E-state index in [1.807, 2.05) is 6.92 Å². The first-order valence-electron chi connectivity index (χ1n) is 5.72. The van der Waals surface area contributed by atoms with Crippen molar-refractivity contribution < 1.29 is 14.7 Å². The zero-order chi connectivity index (χ0) is 12.4. The van der Waals surface area contributed by atoms with Gasteiger partial charge >= 0.3 is 5.97 Å². The molecule has 2 N–H and O–H groups in total. The molecule has 1 unspecified atom stereocenters. The molecule has 1 amide bonds. The third-order valence-corrected chi connectivity index (χ3v) is 3.17. The smallest absolute Gasteiger partial charge is 0.354 e. The molecule has 1 aromatic rings. The van der Waals surface area contributed by atoms with Gasteiger partial charge in [0.05, 0.1) is 6.33 Å². The van der Waals surface area contributed by atoms with E-state index in [-0.39, 0.29) is 23.3 Å². The SMILES string of the molecule is CCC1CCCN1C(=O)c1nc[nH]c1C(=O)O. The summed E-state index contributed by atoms with van der Waals surface area (Å²) in [5, 5.41) is 8.93. The highest BCUT2D eigenvalue weighted by Crippen LogP contribution is 2.22. The number of nitrogens with one attached hydrogen (secondary N) is 1. The first kappa shape index (κ1) is 11.6. The average Bonchev–Trinajstić information content (AvgIpc) is 2.96. The van der Waals surface area contributed by atoms with Crippen LogP contribution >= 0.6 is 0 Å². The lowest BCUT2D eigenvalue weighted by Gasteiger charge is -2.22. The molecule has 92 valence electrons. The lowest BCUT2D eigenvalue weighted by molar-refractivity contribution is 0.0662. The van der Waals surface area contributed by atoms with Crippen LogP contribution < -0.4 is 0 Å². The van der Waals surface area contributed by atoms with Gasteiger partial charge in [0.15, 0.2) is 11.4 Å². The molecule has 1 atom stereocenters. The van der Waals surface area contributed by atoms with E-state index in [1.54, 1.807) is 4.90 Å². The van der Waals surface area contributed by atoms with E-state index in [9.17, 15) is 9.59 Å². The fraction of sp³-hybridized carbons (Fsp3) is 0.545. The topological polar surface area (TPSA) is 86.3 Å². The van der Waals surface area contributed by atoms with Crippen molar-refractivity contribution in [1.82, 2.24) is 14.9 Å². The number of H-pyrrole nitrogens is 1. The summed E-state index contributed by atoms with van der Waals surface area (Å²) >= 11 is 0. The standard InChI is InChI=1S/C11H15N3O3/c1-2-7-4-3-5-14(7)10(15)8-9(11(16)17)13-6-12-8/h6-7H,2-5H2,1H3,(H,12,13)(H,16,17). The molecule has 0 saturated carbocycles. The molecule has 0 aromatic carbocycles. The fourth-order valence-corrected chi connectivity index (χ4v) is 2.28. The molecule has 1 aromatic heterocycles. The first-order chi connectivity index (χ1) is 8.15. The lowest BCUT2D eigenvalue weighted by Crippen LogP contribution is -2.36. The Morgan fingerprint density at radius 3 is 3.06 bits per heavy atom. The van der Waals surface area contributed by atoms with Crippen LogP contribution in [0.5, 0.6) is 0 Å². The maximum atomic E-state index is 12.2. The zero-order valence-corrected chi connectivity index (χ0v) is 9.64. The number of hydrogen-bond donors (Lipinski definition) is 2. The van der Waals surface area contributed by atoms with Crippen molar-refractivity contribution in [2.45, 2.75) is 32.2 Å². The highest BCUT2D eigenvalue weighted by molar-refractivity contribution is 6.02. The van der Waals surface area contributed by atoms with Gasteiger partial charge < -0.3 is 15.0 Å². The van der Waals surface area contributed by atoms with Crippen molar-refractivity contribution >= 4 is 11.9 Å². The molecular formula is C11H15N3O3. The van der Waals surface area contributed by atoms with Crippen molar-refractivity contribution in [2.24, 2.45) is 0 Å². The summed E-state index contributed by atoms with van der Waals surface area (Å²) < 4.78 is 0. The van der Waals surface area contributed by atoms with Gasteiger partial charge in [-0.3, -0.25) is 4.79 Å². The minimum Gasteiger partial charge on any atom is -0.477 e. The summed E-state index contributed by atoms with van der Waals surface area (Å²) in [6, 6.07) is 0.209. The monoisotopic (exact) mass is 237 g/mol. The maximum Gasteiger partial charge on any atom is 0.354 e. The largest absolute Gasteiger partial charge is 0.477 e. The summed E-state index contributed by atoms with van der Waals surface area (Å²) in [5.74, 6) is -1.44. The highest BCUT2D eigenvalue weighted by Gasteiger charge is 2.31. The number of likely N-dealkylation sites (tertiary alicyclic amines) is 1. The van der Waals surface area contributed by atoms with Crippen LogP contribution in [0.2, 0.25) is 0 Å². The number of rotatable bonds is 3. The van der Waals surface area contributed by atoms with Gasteiger partial charge in [0.25, 0.3) is 5.91 Å². The first-order valence-corrected chi connectivity index (χ1v) is 5.72. The van der Waals surface area contributed by atoms with E-state index in [1.165, 1.54) is 6.33 Å². The van der Waals surface area contributed by atoms with Crippen LogP contribution in [-0.4, -0.2) is 44.4 Å². The average molecular weight is 237 g/mol. The maximum absolute atomic E-state index is 12.2. The van der Waals surface area contributed by atoms with Crippen molar-refractivity contribution in [1.29, 1.82) is 0 Å². The summed E-state index contributed by atoms with van der Waals surface area (Å²) in [6.07, 6.45) is 4.08. The fourth-order valence-electron chi connectivity index (χ4n) is 2.28. The van der Waals surface area contributed by atoms with Crippen LogP contribution in [0.3, 0.4) is 0 Å². The summed E-state index contributed by atoms with van der Waals surface area (Å²) in [7, 11) is 0. The van der Waals surface area contributed by atoms with E-state index in [4.69, 9.17) is 5.11 Å².